The first-order valence-electron chi connectivity index (χ1n) is 7.75. The molecule has 3 heteroatoms. The second-order valence-corrected chi connectivity index (χ2v) is 7.32. The highest BCUT2D eigenvalue weighted by Crippen LogP contribution is 2.46. The van der Waals surface area contributed by atoms with Crippen molar-refractivity contribution in [3.05, 3.63) is 35.4 Å². The van der Waals surface area contributed by atoms with Crippen LogP contribution in [0.15, 0.2) is 24.3 Å². The van der Waals surface area contributed by atoms with E-state index in [1.165, 1.54) is 11.1 Å². The molecule has 21 heavy (non-hydrogen) atoms. The summed E-state index contributed by atoms with van der Waals surface area (Å²) in [6.07, 6.45) is 2.76. The molecule has 2 unspecified atom stereocenters. The maximum Gasteiger partial charge on any atom is 0.506 e. The number of carbonyl (C=O) groups is 1. The summed E-state index contributed by atoms with van der Waals surface area (Å²) < 4.78 is 5.33. The molecule has 0 heterocycles. The largest absolute Gasteiger partial charge is 0.506 e. The van der Waals surface area contributed by atoms with Crippen molar-refractivity contribution in [1.29, 1.82) is 0 Å². The van der Waals surface area contributed by atoms with Gasteiger partial charge in [-0.3, -0.25) is 0 Å². The van der Waals surface area contributed by atoms with Crippen molar-refractivity contribution in [3.8, 4) is 0 Å². The van der Waals surface area contributed by atoms with Crippen molar-refractivity contribution in [1.82, 2.24) is 0 Å². The van der Waals surface area contributed by atoms with Gasteiger partial charge in [0.05, 0.1) is 0 Å². The van der Waals surface area contributed by atoms with Gasteiger partial charge < -0.3 is 9.84 Å². The minimum atomic E-state index is -1.17. The molecule has 1 fully saturated rings. The minimum absolute atomic E-state index is 0.0399. The van der Waals surface area contributed by atoms with E-state index >= 15 is 0 Å². The first kappa shape index (κ1) is 15.9. The Morgan fingerprint density at radius 3 is 2.57 bits per heavy atom. The van der Waals surface area contributed by atoms with Crippen LogP contribution in [-0.2, 0) is 10.2 Å². The Hall–Kier alpha value is -1.51. The van der Waals surface area contributed by atoms with Crippen molar-refractivity contribution in [2.75, 3.05) is 0 Å². The molecule has 1 aliphatic rings. The molecule has 0 saturated heterocycles. The highest BCUT2D eigenvalue weighted by molar-refractivity contribution is 5.58. The maximum atomic E-state index is 11.1. The maximum absolute atomic E-state index is 11.1. The first-order chi connectivity index (χ1) is 9.74. The molecule has 1 aromatic carbocycles. The summed E-state index contributed by atoms with van der Waals surface area (Å²) in [5.74, 6) is 0.137. The standard InChI is InChI=1S/C18H26O3/c1-17(2,3)14-10-6-5-9-13(14)15-11-7-8-12-18(15,4)21-16(19)20/h5-6,9-10,15H,7-8,11-12H2,1-4H3,(H,19,20). The summed E-state index contributed by atoms with van der Waals surface area (Å²) >= 11 is 0. The molecular formula is C18H26O3. The smallest absolute Gasteiger partial charge is 0.450 e. The fourth-order valence-corrected chi connectivity index (χ4v) is 3.59. The molecule has 0 aliphatic heterocycles. The Labute approximate surface area is 127 Å². The van der Waals surface area contributed by atoms with Crippen LogP contribution in [0, 0.1) is 0 Å². The molecule has 0 aromatic heterocycles. The van der Waals surface area contributed by atoms with E-state index in [9.17, 15) is 4.79 Å². The van der Waals surface area contributed by atoms with Gasteiger partial charge in [0.15, 0.2) is 0 Å². The quantitative estimate of drug-likeness (QED) is 0.771. The molecule has 0 radical (unpaired) electrons. The van der Waals surface area contributed by atoms with Gasteiger partial charge in [0.25, 0.3) is 0 Å². The zero-order chi connectivity index (χ0) is 15.7. The van der Waals surface area contributed by atoms with Gasteiger partial charge in [-0.25, -0.2) is 4.79 Å². The lowest BCUT2D eigenvalue weighted by atomic mass is 9.69. The molecule has 2 rings (SSSR count). The highest BCUT2D eigenvalue weighted by atomic mass is 16.7. The van der Waals surface area contributed by atoms with E-state index in [2.05, 4.69) is 39.0 Å². The summed E-state index contributed by atoms with van der Waals surface area (Å²) in [5.41, 5.74) is 1.95. The van der Waals surface area contributed by atoms with E-state index in [0.717, 1.165) is 25.7 Å². The number of benzene rings is 1. The zero-order valence-corrected chi connectivity index (χ0v) is 13.5. The van der Waals surface area contributed by atoms with Gasteiger partial charge in [-0.2, -0.15) is 0 Å². The molecule has 0 amide bonds. The molecule has 0 bridgehead atoms. The van der Waals surface area contributed by atoms with Gasteiger partial charge in [0, 0.05) is 5.92 Å². The lowest BCUT2D eigenvalue weighted by molar-refractivity contribution is -0.0435. The predicted octanol–water partition coefficient (Wildman–Crippen LogP) is 5.10. The Bertz CT molecular complexity index is 515. The van der Waals surface area contributed by atoms with Crippen LogP contribution in [0.1, 0.15) is 70.4 Å². The van der Waals surface area contributed by atoms with Gasteiger partial charge >= 0.3 is 6.16 Å². The van der Waals surface area contributed by atoms with Crippen LogP contribution in [0.25, 0.3) is 0 Å². The SMILES string of the molecule is CC(C)(C)c1ccccc1C1CCCCC1(C)OC(=O)O. The molecule has 1 saturated carbocycles. The number of rotatable bonds is 2. The van der Waals surface area contributed by atoms with Gasteiger partial charge in [-0.05, 0) is 42.7 Å². The highest BCUT2D eigenvalue weighted by Gasteiger charge is 2.42. The monoisotopic (exact) mass is 290 g/mol. The third-order valence-corrected chi connectivity index (χ3v) is 4.62. The summed E-state index contributed by atoms with van der Waals surface area (Å²) in [6, 6.07) is 8.40. The topological polar surface area (TPSA) is 46.5 Å². The number of ether oxygens (including phenoxy) is 1. The molecule has 2 atom stereocenters. The Kier molecular flexibility index (Phi) is 4.31. The minimum Gasteiger partial charge on any atom is -0.450 e. The lowest BCUT2D eigenvalue weighted by Gasteiger charge is -2.42. The molecule has 1 aromatic rings. The Morgan fingerprint density at radius 1 is 1.29 bits per heavy atom. The van der Waals surface area contributed by atoms with Crippen molar-refractivity contribution in [3.63, 3.8) is 0 Å². The van der Waals surface area contributed by atoms with Gasteiger partial charge in [-0.1, -0.05) is 51.5 Å². The predicted molar refractivity (Wildman–Crippen MR) is 83.9 cm³/mol. The molecular weight excluding hydrogens is 264 g/mol. The van der Waals surface area contributed by atoms with Crippen LogP contribution >= 0.6 is 0 Å². The first-order valence-corrected chi connectivity index (χ1v) is 7.75. The molecule has 0 spiro atoms. The van der Waals surface area contributed by atoms with E-state index in [-0.39, 0.29) is 11.3 Å². The molecule has 3 nitrogen and oxygen atoms in total. The van der Waals surface area contributed by atoms with E-state index in [1.807, 2.05) is 13.0 Å². The molecule has 1 N–H and O–H groups in total. The van der Waals surface area contributed by atoms with E-state index in [4.69, 9.17) is 9.84 Å². The number of hydrogen-bond donors (Lipinski definition) is 1. The Balaban J connectivity index is 2.45. The van der Waals surface area contributed by atoms with Gasteiger partial charge in [0.1, 0.15) is 5.60 Å². The van der Waals surface area contributed by atoms with Crippen LogP contribution in [0.3, 0.4) is 0 Å². The van der Waals surface area contributed by atoms with Gasteiger partial charge in [0.2, 0.25) is 0 Å². The average molecular weight is 290 g/mol. The van der Waals surface area contributed by atoms with Crippen molar-refractivity contribution >= 4 is 6.16 Å². The third-order valence-electron chi connectivity index (χ3n) is 4.62. The van der Waals surface area contributed by atoms with Crippen molar-refractivity contribution < 1.29 is 14.6 Å². The Morgan fingerprint density at radius 2 is 1.95 bits per heavy atom. The summed E-state index contributed by atoms with van der Waals surface area (Å²) in [6.45, 7) is 8.54. The molecule has 1 aliphatic carbocycles. The summed E-state index contributed by atoms with van der Waals surface area (Å²) in [5, 5.41) is 9.10. The second kappa shape index (κ2) is 5.70. The van der Waals surface area contributed by atoms with E-state index in [0.29, 0.717) is 0 Å². The van der Waals surface area contributed by atoms with Crippen LogP contribution < -0.4 is 0 Å². The zero-order valence-electron chi connectivity index (χ0n) is 13.5. The normalized spacial score (nSPS) is 26.4. The molecule has 116 valence electrons. The van der Waals surface area contributed by atoms with Crippen molar-refractivity contribution in [2.24, 2.45) is 0 Å². The fourth-order valence-electron chi connectivity index (χ4n) is 3.59. The van der Waals surface area contributed by atoms with Crippen molar-refractivity contribution in [2.45, 2.75) is 70.3 Å². The number of hydrogen-bond acceptors (Lipinski definition) is 2. The van der Waals surface area contributed by atoms with Crippen LogP contribution in [0.4, 0.5) is 4.79 Å². The summed E-state index contributed by atoms with van der Waals surface area (Å²) in [4.78, 5) is 11.1. The second-order valence-electron chi connectivity index (χ2n) is 7.32. The van der Waals surface area contributed by atoms with E-state index in [1.54, 1.807) is 0 Å². The van der Waals surface area contributed by atoms with E-state index < -0.39 is 11.8 Å². The van der Waals surface area contributed by atoms with Crippen LogP contribution in [-0.4, -0.2) is 16.9 Å². The van der Waals surface area contributed by atoms with Crippen LogP contribution in [0.5, 0.6) is 0 Å². The lowest BCUT2D eigenvalue weighted by Crippen LogP contribution is -2.41. The van der Waals surface area contributed by atoms with Crippen LogP contribution in [0.2, 0.25) is 0 Å². The fraction of sp³-hybridized carbons (Fsp3) is 0.611. The van der Waals surface area contributed by atoms with Gasteiger partial charge in [-0.15, -0.1) is 0 Å². The summed E-state index contributed by atoms with van der Waals surface area (Å²) in [7, 11) is 0. The third kappa shape index (κ3) is 3.39. The number of carboxylic acid groups (broad SMARTS) is 1. The average Bonchev–Trinajstić information content (AvgIpc) is 2.37.